The number of benzene rings is 9. The molecule has 9 aromatic carbocycles. The van der Waals surface area contributed by atoms with E-state index in [1.165, 1.54) is 88.3 Å². The van der Waals surface area contributed by atoms with E-state index in [9.17, 15) is 0 Å². The molecule has 0 unspecified atom stereocenters. The fraction of sp³-hybridized carbons (Fsp3) is 0.0164. The second-order valence-electron chi connectivity index (χ2n) is 16.3. The van der Waals surface area contributed by atoms with Gasteiger partial charge in [0.15, 0.2) is 0 Å². The van der Waals surface area contributed by atoms with Crippen molar-refractivity contribution < 1.29 is 0 Å². The summed E-state index contributed by atoms with van der Waals surface area (Å²) in [5.74, 6) is 0. The fourth-order valence-electron chi connectivity index (χ4n) is 9.62. The molecule has 3 heterocycles. The van der Waals surface area contributed by atoms with Crippen LogP contribution in [0.2, 0.25) is 0 Å². The van der Waals surface area contributed by atoms with Crippen LogP contribution in [0.15, 0.2) is 250 Å². The van der Waals surface area contributed by atoms with Crippen molar-refractivity contribution in [3.05, 3.63) is 250 Å². The number of para-hydroxylation sites is 6. The molecule has 0 aliphatic carbocycles. The van der Waals surface area contributed by atoms with E-state index in [1.807, 2.05) is 24.3 Å². The summed E-state index contributed by atoms with van der Waals surface area (Å²) in [6, 6.07) is 77.8. The van der Waals surface area contributed by atoms with E-state index in [1.54, 1.807) is 0 Å². The molecule has 0 radical (unpaired) electrons. The van der Waals surface area contributed by atoms with Gasteiger partial charge < -0.3 is 18.6 Å². The molecule has 0 bridgehead atoms. The Balaban J connectivity index is 0.000000153. The summed E-state index contributed by atoms with van der Waals surface area (Å²) in [5, 5.41) is 7.52. The van der Waals surface area contributed by atoms with Crippen molar-refractivity contribution in [2.75, 3.05) is 11.9 Å². The first-order valence-corrected chi connectivity index (χ1v) is 22.1. The van der Waals surface area contributed by atoms with E-state index in [4.69, 9.17) is 0 Å². The van der Waals surface area contributed by atoms with Gasteiger partial charge in [-0.3, -0.25) is 0 Å². The molecule has 0 aliphatic heterocycles. The van der Waals surface area contributed by atoms with Crippen LogP contribution < -0.4 is 4.90 Å². The summed E-state index contributed by atoms with van der Waals surface area (Å²) in [7, 11) is 2.12. The summed E-state index contributed by atoms with van der Waals surface area (Å²) < 4.78 is 6.96. The van der Waals surface area contributed by atoms with E-state index in [0.29, 0.717) is 0 Å². The first-order chi connectivity index (χ1) is 32.1. The van der Waals surface area contributed by atoms with Gasteiger partial charge in [0, 0.05) is 67.8 Å². The highest BCUT2D eigenvalue weighted by Gasteiger charge is 2.17. The van der Waals surface area contributed by atoms with Crippen molar-refractivity contribution in [1.29, 1.82) is 0 Å². The van der Waals surface area contributed by atoms with Crippen LogP contribution in [0.3, 0.4) is 0 Å². The average Bonchev–Trinajstić information content (AvgIpc) is 4.01. The fourth-order valence-corrected chi connectivity index (χ4v) is 9.62. The summed E-state index contributed by atoms with van der Waals surface area (Å²) >= 11 is 0. The zero-order chi connectivity index (χ0) is 43.9. The van der Waals surface area contributed by atoms with Gasteiger partial charge in [-0.2, -0.15) is 0 Å². The average molecular weight is 835 g/mol. The van der Waals surface area contributed by atoms with E-state index < -0.39 is 0 Å². The van der Waals surface area contributed by atoms with Gasteiger partial charge in [0.1, 0.15) is 0 Å². The third-order valence-corrected chi connectivity index (χ3v) is 12.7. The molecular formula is C61H46N4. The van der Waals surface area contributed by atoms with Crippen LogP contribution in [0.4, 0.5) is 11.4 Å². The lowest BCUT2D eigenvalue weighted by Crippen LogP contribution is -2.08. The van der Waals surface area contributed by atoms with Gasteiger partial charge in [0.05, 0.1) is 33.1 Å². The smallest absolute Gasteiger partial charge is 0.0542 e. The quantitative estimate of drug-likeness (QED) is 0.139. The maximum Gasteiger partial charge on any atom is 0.0542 e. The lowest BCUT2D eigenvalue weighted by Gasteiger charge is -2.19. The van der Waals surface area contributed by atoms with Crippen LogP contribution in [-0.2, 0) is 0 Å². The molecule has 4 heteroatoms. The van der Waals surface area contributed by atoms with Crippen LogP contribution in [0.25, 0.3) is 93.6 Å². The van der Waals surface area contributed by atoms with Crippen molar-refractivity contribution in [2.45, 2.75) is 0 Å². The molecule has 0 aliphatic rings. The number of rotatable bonds is 8. The number of hydrogen-bond acceptors (Lipinski definition) is 1. The molecule has 65 heavy (non-hydrogen) atoms. The minimum atomic E-state index is 1.01. The van der Waals surface area contributed by atoms with Gasteiger partial charge in [0.25, 0.3) is 0 Å². The summed E-state index contributed by atoms with van der Waals surface area (Å²) in [5.41, 5.74) is 15.4. The van der Waals surface area contributed by atoms with Gasteiger partial charge in [0.2, 0.25) is 0 Å². The minimum Gasteiger partial charge on any atom is -0.345 e. The highest BCUT2D eigenvalue weighted by atomic mass is 15.1. The topological polar surface area (TPSA) is 18.0 Å². The van der Waals surface area contributed by atoms with E-state index >= 15 is 0 Å². The van der Waals surface area contributed by atoms with Crippen molar-refractivity contribution in [3.63, 3.8) is 0 Å². The first kappa shape index (κ1) is 39.3. The standard InChI is InChI=1S/C36H26N2.C25H20N2/c1-3-12-27(4-2)37-33-17-10-8-15-29(33)31-23-25(19-21-35(31)37)26-20-22-36-32(24-26)30-16-9-11-18-34(30)38(36)28-13-6-5-7-14-28;1-26(19-10-4-2-5-11-19)21-16-17-25-23(18-21)22-14-8-9-15-24(22)27(25)20-12-6-3-7-13-20/h3-24H,1-2H2;2-18H,1H3/b27-12+;. The minimum absolute atomic E-state index is 1.01. The lowest BCUT2D eigenvalue weighted by molar-refractivity contribution is 1.17. The van der Waals surface area contributed by atoms with Gasteiger partial charge in [-0.05, 0) is 120 Å². The van der Waals surface area contributed by atoms with Crippen molar-refractivity contribution in [3.8, 4) is 22.5 Å². The van der Waals surface area contributed by atoms with Gasteiger partial charge in [-0.25, -0.2) is 0 Å². The van der Waals surface area contributed by atoms with E-state index in [0.717, 1.165) is 16.7 Å². The number of hydrogen-bond donors (Lipinski definition) is 0. The Morgan fingerprint density at radius 1 is 0.385 bits per heavy atom. The van der Waals surface area contributed by atoms with Crippen LogP contribution >= 0.6 is 0 Å². The van der Waals surface area contributed by atoms with E-state index in [-0.39, 0.29) is 0 Å². The number of allylic oxidation sites excluding steroid dienone is 4. The molecule has 12 rings (SSSR count). The largest absolute Gasteiger partial charge is 0.345 e. The van der Waals surface area contributed by atoms with Crippen LogP contribution in [0.5, 0.6) is 0 Å². The predicted molar refractivity (Wildman–Crippen MR) is 279 cm³/mol. The van der Waals surface area contributed by atoms with Gasteiger partial charge >= 0.3 is 0 Å². The van der Waals surface area contributed by atoms with Crippen molar-refractivity contribution in [2.24, 2.45) is 0 Å². The molecule has 0 atom stereocenters. The van der Waals surface area contributed by atoms with Crippen LogP contribution in [0, 0.1) is 0 Å². The third kappa shape index (κ3) is 6.80. The lowest BCUT2D eigenvalue weighted by atomic mass is 10.0. The zero-order valence-corrected chi connectivity index (χ0v) is 36.2. The zero-order valence-electron chi connectivity index (χ0n) is 36.2. The molecule has 12 aromatic rings. The Labute approximate surface area is 378 Å². The molecule has 3 aromatic heterocycles. The molecule has 0 spiro atoms. The van der Waals surface area contributed by atoms with Gasteiger partial charge in [-0.15, -0.1) is 0 Å². The number of anilines is 2. The molecule has 0 fully saturated rings. The molecule has 0 amide bonds. The van der Waals surface area contributed by atoms with Gasteiger partial charge in [-0.1, -0.05) is 141 Å². The molecule has 4 nitrogen and oxygen atoms in total. The summed E-state index contributed by atoms with van der Waals surface area (Å²) in [6.45, 7) is 7.95. The SMILES string of the molecule is C=C/C=C(\C=C)n1c2ccccc2c2cc(-c3ccc4c(c3)c3ccccc3n4-c3ccccc3)ccc21.CN(c1ccccc1)c1ccc2c(c1)c1ccccc1n2-c1ccccc1. The first-order valence-electron chi connectivity index (χ1n) is 22.1. The highest BCUT2D eigenvalue weighted by Crippen LogP contribution is 2.39. The number of nitrogens with zero attached hydrogens (tertiary/aromatic N) is 4. The van der Waals surface area contributed by atoms with Crippen LogP contribution in [-0.4, -0.2) is 20.7 Å². The Kier molecular flexibility index (Phi) is 10.0. The Morgan fingerprint density at radius 2 is 0.785 bits per heavy atom. The Bertz CT molecular complexity index is 3750. The van der Waals surface area contributed by atoms with E-state index in [2.05, 4.69) is 251 Å². The van der Waals surface area contributed by atoms with Crippen LogP contribution in [0.1, 0.15) is 0 Å². The third-order valence-electron chi connectivity index (χ3n) is 12.7. The molecule has 0 N–H and O–H groups in total. The second kappa shape index (κ2) is 16.6. The monoisotopic (exact) mass is 834 g/mol. The number of aromatic nitrogens is 3. The highest BCUT2D eigenvalue weighted by molar-refractivity contribution is 6.14. The molecule has 0 saturated heterocycles. The summed E-state index contributed by atoms with van der Waals surface area (Å²) in [6.07, 6.45) is 5.70. The predicted octanol–water partition coefficient (Wildman–Crippen LogP) is 16.3. The molecular weight excluding hydrogens is 789 g/mol. The number of fused-ring (bicyclic) bond motifs is 9. The molecule has 0 saturated carbocycles. The Morgan fingerprint density at radius 3 is 1.32 bits per heavy atom. The molecule has 310 valence electrons. The maximum absolute atomic E-state index is 4.05. The van der Waals surface area contributed by atoms with Crippen molar-refractivity contribution in [1.82, 2.24) is 13.7 Å². The van der Waals surface area contributed by atoms with Crippen molar-refractivity contribution >= 4 is 82.5 Å². The Hall–Kier alpha value is -8.60. The second-order valence-corrected chi connectivity index (χ2v) is 16.3. The maximum atomic E-state index is 4.05. The normalized spacial score (nSPS) is 11.7. The summed E-state index contributed by atoms with van der Waals surface area (Å²) in [4.78, 5) is 2.23.